The number of sulfonamides is 1. The normalized spacial score (nSPS) is 12.3. The first-order chi connectivity index (χ1) is 13.6. The standard InChI is InChI=1S/C20H24Cl2N2O4S/c1-5-17(14-6-9-19(28-3)13(2)10-14)23-20(25)12-24(29(4,26)27)18-8-7-15(21)11-16(18)22/h6-11,17H,5,12H2,1-4H3,(H,23,25). The van der Waals surface area contributed by atoms with Crippen molar-refractivity contribution in [2.45, 2.75) is 26.3 Å². The minimum absolute atomic E-state index is 0.147. The predicted octanol–water partition coefficient (Wildman–Crippen LogP) is 4.34. The van der Waals surface area contributed by atoms with E-state index in [0.29, 0.717) is 11.4 Å². The van der Waals surface area contributed by atoms with Crippen LogP contribution >= 0.6 is 23.2 Å². The topological polar surface area (TPSA) is 75.7 Å². The zero-order chi connectivity index (χ0) is 21.8. The molecule has 1 atom stereocenters. The summed E-state index contributed by atoms with van der Waals surface area (Å²) in [6.07, 6.45) is 1.66. The first kappa shape index (κ1) is 23.3. The van der Waals surface area contributed by atoms with Crippen molar-refractivity contribution in [2.24, 2.45) is 0 Å². The molecule has 1 amide bonds. The number of benzene rings is 2. The smallest absolute Gasteiger partial charge is 0.241 e. The second kappa shape index (κ2) is 9.69. The lowest BCUT2D eigenvalue weighted by Gasteiger charge is -2.25. The van der Waals surface area contributed by atoms with Crippen molar-refractivity contribution in [1.29, 1.82) is 0 Å². The third-order valence-electron chi connectivity index (χ3n) is 4.43. The van der Waals surface area contributed by atoms with Crippen LogP contribution in [0.3, 0.4) is 0 Å². The molecule has 0 aliphatic rings. The van der Waals surface area contributed by atoms with E-state index in [2.05, 4.69) is 5.32 Å². The van der Waals surface area contributed by atoms with E-state index < -0.39 is 22.5 Å². The van der Waals surface area contributed by atoms with Crippen molar-refractivity contribution in [3.63, 3.8) is 0 Å². The summed E-state index contributed by atoms with van der Waals surface area (Å²) in [5.41, 5.74) is 2.06. The molecule has 2 aromatic carbocycles. The number of amides is 1. The van der Waals surface area contributed by atoms with Crippen LogP contribution in [-0.2, 0) is 14.8 Å². The van der Waals surface area contributed by atoms with Gasteiger partial charge in [-0.05, 0) is 48.7 Å². The summed E-state index contributed by atoms with van der Waals surface area (Å²) in [5, 5.41) is 3.42. The highest BCUT2D eigenvalue weighted by atomic mass is 35.5. The molecule has 0 saturated carbocycles. The molecule has 29 heavy (non-hydrogen) atoms. The predicted molar refractivity (Wildman–Crippen MR) is 118 cm³/mol. The van der Waals surface area contributed by atoms with Crippen molar-refractivity contribution in [2.75, 3.05) is 24.2 Å². The number of anilines is 1. The number of hydrogen-bond acceptors (Lipinski definition) is 4. The van der Waals surface area contributed by atoms with E-state index in [9.17, 15) is 13.2 Å². The van der Waals surface area contributed by atoms with Gasteiger partial charge in [-0.1, -0.05) is 42.3 Å². The van der Waals surface area contributed by atoms with Crippen LogP contribution in [0.2, 0.25) is 10.0 Å². The van der Waals surface area contributed by atoms with Crippen molar-refractivity contribution in [3.8, 4) is 5.75 Å². The monoisotopic (exact) mass is 458 g/mol. The van der Waals surface area contributed by atoms with Crippen LogP contribution in [0, 0.1) is 6.92 Å². The van der Waals surface area contributed by atoms with E-state index in [1.54, 1.807) is 7.11 Å². The largest absolute Gasteiger partial charge is 0.496 e. The molecule has 0 bridgehead atoms. The van der Waals surface area contributed by atoms with Gasteiger partial charge in [0.05, 0.1) is 30.1 Å². The van der Waals surface area contributed by atoms with Gasteiger partial charge < -0.3 is 10.1 Å². The molecule has 1 N–H and O–H groups in total. The Morgan fingerprint density at radius 1 is 1.21 bits per heavy atom. The summed E-state index contributed by atoms with van der Waals surface area (Å²) in [7, 11) is -2.14. The Morgan fingerprint density at radius 3 is 2.41 bits per heavy atom. The molecule has 0 aliphatic heterocycles. The Labute approximate surface area is 181 Å². The van der Waals surface area contributed by atoms with Crippen LogP contribution in [-0.4, -0.2) is 34.2 Å². The van der Waals surface area contributed by atoms with Gasteiger partial charge in [-0.25, -0.2) is 8.42 Å². The third-order valence-corrected chi connectivity index (χ3v) is 6.09. The molecule has 0 aromatic heterocycles. The highest BCUT2D eigenvalue weighted by Crippen LogP contribution is 2.30. The number of methoxy groups -OCH3 is 1. The summed E-state index contributed by atoms with van der Waals surface area (Å²) in [4.78, 5) is 12.7. The van der Waals surface area contributed by atoms with Gasteiger partial charge in [0.1, 0.15) is 12.3 Å². The van der Waals surface area contributed by atoms with Gasteiger partial charge in [0.15, 0.2) is 0 Å². The Balaban J connectivity index is 2.24. The number of rotatable bonds is 8. The van der Waals surface area contributed by atoms with Gasteiger partial charge >= 0.3 is 0 Å². The zero-order valence-corrected chi connectivity index (χ0v) is 19.0. The molecule has 0 aliphatic carbocycles. The highest BCUT2D eigenvalue weighted by molar-refractivity contribution is 7.92. The average Bonchev–Trinajstić information content (AvgIpc) is 2.64. The van der Waals surface area contributed by atoms with Crippen LogP contribution in [0.5, 0.6) is 5.75 Å². The molecule has 2 aromatic rings. The van der Waals surface area contributed by atoms with Crippen molar-refractivity contribution >= 4 is 44.8 Å². The summed E-state index contributed by atoms with van der Waals surface area (Å²) >= 11 is 12.0. The number of nitrogens with zero attached hydrogens (tertiary/aromatic N) is 1. The fourth-order valence-electron chi connectivity index (χ4n) is 2.97. The number of carbonyl (C=O) groups is 1. The molecule has 1 unspecified atom stereocenters. The summed E-state index contributed by atoms with van der Waals surface area (Å²) in [6, 6.07) is 9.83. The van der Waals surface area contributed by atoms with Crippen molar-refractivity contribution < 1.29 is 17.9 Å². The molecule has 2 rings (SSSR count). The number of nitrogens with one attached hydrogen (secondary N) is 1. The van der Waals surface area contributed by atoms with E-state index >= 15 is 0 Å². The number of halogens is 2. The SMILES string of the molecule is CCC(NC(=O)CN(c1ccc(Cl)cc1Cl)S(C)(=O)=O)c1ccc(OC)c(C)c1. The highest BCUT2D eigenvalue weighted by Gasteiger charge is 2.24. The number of carbonyl (C=O) groups excluding carboxylic acids is 1. The molecule has 158 valence electrons. The molecule has 0 fully saturated rings. The van der Waals surface area contributed by atoms with Gasteiger partial charge in [-0.15, -0.1) is 0 Å². The second-order valence-electron chi connectivity index (χ2n) is 6.62. The van der Waals surface area contributed by atoms with E-state index in [1.165, 1.54) is 18.2 Å². The van der Waals surface area contributed by atoms with Gasteiger partial charge in [0.2, 0.25) is 15.9 Å². The van der Waals surface area contributed by atoms with Crippen molar-refractivity contribution in [1.82, 2.24) is 5.32 Å². The molecule has 9 heteroatoms. The lowest BCUT2D eigenvalue weighted by molar-refractivity contribution is -0.120. The van der Waals surface area contributed by atoms with Gasteiger partial charge in [-0.3, -0.25) is 9.10 Å². The van der Waals surface area contributed by atoms with Crippen LogP contribution < -0.4 is 14.4 Å². The Kier molecular flexibility index (Phi) is 7.80. The first-order valence-corrected chi connectivity index (χ1v) is 11.5. The van der Waals surface area contributed by atoms with Gasteiger partial charge in [0, 0.05) is 5.02 Å². The Bertz CT molecular complexity index is 996. The maximum Gasteiger partial charge on any atom is 0.241 e. The number of aryl methyl sites for hydroxylation is 1. The quantitative estimate of drug-likeness (QED) is 0.637. The van der Waals surface area contributed by atoms with E-state index in [-0.39, 0.29) is 16.8 Å². The van der Waals surface area contributed by atoms with E-state index in [1.807, 2.05) is 32.0 Å². The number of hydrogen-bond donors (Lipinski definition) is 1. The van der Waals surface area contributed by atoms with Crippen molar-refractivity contribution in [3.05, 3.63) is 57.6 Å². The minimum atomic E-state index is -3.74. The lowest BCUT2D eigenvalue weighted by Crippen LogP contribution is -2.41. The number of ether oxygens (including phenoxy) is 1. The summed E-state index contributed by atoms with van der Waals surface area (Å²) in [6.45, 7) is 3.46. The second-order valence-corrected chi connectivity index (χ2v) is 9.37. The molecule has 6 nitrogen and oxygen atoms in total. The maximum absolute atomic E-state index is 12.7. The fraction of sp³-hybridized carbons (Fsp3) is 0.350. The lowest BCUT2D eigenvalue weighted by atomic mass is 10.0. The van der Waals surface area contributed by atoms with E-state index in [0.717, 1.165) is 27.4 Å². The zero-order valence-electron chi connectivity index (χ0n) is 16.7. The molecule has 0 radical (unpaired) electrons. The minimum Gasteiger partial charge on any atom is -0.496 e. The molecule has 0 spiro atoms. The van der Waals surface area contributed by atoms with Crippen LogP contribution in [0.25, 0.3) is 0 Å². The van der Waals surface area contributed by atoms with Crippen LogP contribution in [0.1, 0.15) is 30.5 Å². The molecular weight excluding hydrogens is 435 g/mol. The Hall–Kier alpha value is -1.96. The molecular formula is C20H24Cl2N2O4S. The summed E-state index contributed by atoms with van der Waals surface area (Å²) in [5.74, 6) is 0.317. The van der Waals surface area contributed by atoms with E-state index in [4.69, 9.17) is 27.9 Å². The fourth-order valence-corrected chi connectivity index (χ4v) is 4.40. The Morgan fingerprint density at radius 2 is 1.90 bits per heavy atom. The molecule has 0 saturated heterocycles. The maximum atomic E-state index is 12.7. The third kappa shape index (κ3) is 6.01. The van der Waals surface area contributed by atoms with Crippen LogP contribution in [0.15, 0.2) is 36.4 Å². The summed E-state index contributed by atoms with van der Waals surface area (Å²) < 4.78 is 30.8. The average molecular weight is 459 g/mol. The van der Waals surface area contributed by atoms with Crippen LogP contribution in [0.4, 0.5) is 5.69 Å². The van der Waals surface area contributed by atoms with Gasteiger partial charge in [-0.2, -0.15) is 0 Å². The molecule has 0 heterocycles. The van der Waals surface area contributed by atoms with Gasteiger partial charge in [0.25, 0.3) is 0 Å². The first-order valence-electron chi connectivity index (χ1n) is 8.93.